The summed E-state index contributed by atoms with van der Waals surface area (Å²) in [7, 11) is 3.31. The van der Waals surface area contributed by atoms with E-state index in [1.807, 2.05) is 41.3 Å². The SMILES string of the molecule is COc1ccc(OC)c2sc(N3CCN(C(=O)CCSc4ccc(Cl)cc4)CC3)nc12. The molecular weight excluding hydrogens is 454 g/mol. The molecule has 164 valence electrons. The van der Waals surface area contributed by atoms with Crippen molar-refractivity contribution in [2.75, 3.05) is 51.1 Å². The Bertz CT molecular complexity index is 1010. The number of thiazole rings is 1. The number of piperazine rings is 1. The normalized spacial score (nSPS) is 14.2. The monoisotopic (exact) mass is 477 g/mol. The Labute approximate surface area is 195 Å². The first-order chi connectivity index (χ1) is 15.1. The van der Waals surface area contributed by atoms with E-state index in [2.05, 4.69) is 4.90 Å². The minimum absolute atomic E-state index is 0.203. The summed E-state index contributed by atoms with van der Waals surface area (Å²) in [5.41, 5.74) is 0.819. The lowest BCUT2D eigenvalue weighted by Crippen LogP contribution is -2.48. The summed E-state index contributed by atoms with van der Waals surface area (Å²) in [5.74, 6) is 2.50. The number of methoxy groups -OCH3 is 2. The molecule has 1 saturated heterocycles. The largest absolute Gasteiger partial charge is 0.495 e. The van der Waals surface area contributed by atoms with Gasteiger partial charge in [0.1, 0.15) is 21.7 Å². The summed E-state index contributed by atoms with van der Waals surface area (Å²) in [5, 5.41) is 1.66. The number of hydrogen-bond acceptors (Lipinski definition) is 7. The van der Waals surface area contributed by atoms with Gasteiger partial charge in [-0.15, -0.1) is 11.8 Å². The maximum Gasteiger partial charge on any atom is 0.223 e. The lowest BCUT2D eigenvalue weighted by atomic mass is 10.3. The van der Waals surface area contributed by atoms with Gasteiger partial charge in [0.05, 0.1) is 14.2 Å². The van der Waals surface area contributed by atoms with E-state index in [9.17, 15) is 4.79 Å². The van der Waals surface area contributed by atoms with Crippen molar-refractivity contribution in [2.45, 2.75) is 11.3 Å². The number of ether oxygens (including phenoxy) is 2. The van der Waals surface area contributed by atoms with Crippen LogP contribution in [-0.4, -0.2) is 61.9 Å². The summed E-state index contributed by atoms with van der Waals surface area (Å²) in [6, 6.07) is 11.5. The molecule has 0 unspecified atom stereocenters. The summed E-state index contributed by atoms with van der Waals surface area (Å²) in [4.78, 5) is 22.7. The number of anilines is 1. The van der Waals surface area contributed by atoms with Crippen molar-refractivity contribution in [1.29, 1.82) is 0 Å². The molecule has 1 amide bonds. The maximum absolute atomic E-state index is 12.6. The molecule has 0 radical (unpaired) electrons. The number of amides is 1. The first kappa shape index (κ1) is 22.0. The highest BCUT2D eigenvalue weighted by Crippen LogP contribution is 2.40. The van der Waals surface area contributed by atoms with E-state index in [-0.39, 0.29) is 5.91 Å². The summed E-state index contributed by atoms with van der Waals surface area (Å²) < 4.78 is 11.9. The van der Waals surface area contributed by atoms with Gasteiger partial charge >= 0.3 is 0 Å². The van der Waals surface area contributed by atoms with Crippen LogP contribution in [0.4, 0.5) is 5.13 Å². The molecule has 6 nitrogen and oxygen atoms in total. The number of nitrogens with zero attached hydrogens (tertiary/aromatic N) is 3. The van der Waals surface area contributed by atoms with Crippen LogP contribution in [0.1, 0.15) is 6.42 Å². The molecule has 2 aromatic carbocycles. The molecular formula is C22H24ClN3O3S2. The van der Waals surface area contributed by atoms with Crippen LogP contribution >= 0.6 is 34.7 Å². The molecule has 9 heteroatoms. The minimum atomic E-state index is 0.203. The number of carbonyl (C=O) groups excluding carboxylic acids is 1. The highest BCUT2D eigenvalue weighted by Gasteiger charge is 2.24. The predicted molar refractivity (Wildman–Crippen MR) is 128 cm³/mol. The van der Waals surface area contributed by atoms with Crippen molar-refractivity contribution >= 4 is 56.0 Å². The van der Waals surface area contributed by atoms with Crippen LogP contribution < -0.4 is 14.4 Å². The first-order valence-electron chi connectivity index (χ1n) is 10.0. The second-order valence-electron chi connectivity index (χ2n) is 7.06. The number of halogens is 1. The molecule has 0 aliphatic carbocycles. The van der Waals surface area contributed by atoms with Gasteiger partial charge in [0.15, 0.2) is 5.13 Å². The fourth-order valence-corrected chi connectivity index (χ4v) is 5.59. The fraction of sp³-hybridized carbons (Fsp3) is 0.364. The average molecular weight is 478 g/mol. The second-order valence-corrected chi connectivity index (χ2v) is 9.65. The Morgan fingerprint density at radius 1 is 1.06 bits per heavy atom. The Morgan fingerprint density at radius 3 is 2.42 bits per heavy atom. The van der Waals surface area contributed by atoms with Crippen LogP contribution in [0.3, 0.4) is 0 Å². The smallest absolute Gasteiger partial charge is 0.223 e. The van der Waals surface area contributed by atoms with E-state index in [1.54, 1.807) is 37.3 Å². The molecule has 1 aliphatic heterocycles. The van der Waals surface area contributed by atoms with Gasteiger partial charge in [0, 0.05) is 48.3 Å². The second kappa shape index (κ2) is 9.97. The zero-order valence-corrected chi connectivity index (χ0v) is 19.9. The molecule has 1 fully saturated rings. The molecule has 0 spiro atoms. The molecule has 1 aromatic heterocycles. The highest BCUT2D eigenvalue weighted by molar-refractivity contribution is 7.99. The van der Waals surface area contributed by atoms with Crippen molar-refractivity contribution in [3.05, 3.63) is 41.4 Å². The molecule has 31 heavy (non-hydrogen) atoms. The molecule has 2 heterocycles. The molecule has 0 saturated carbocycles. The molecule has 0 bridgehead atoms. The summed E-state index contributed by atoms with van der Waals surface area (Å²) in [6.45, 7) is 2.93. The minimum Gasteiger partial charge on any atom is -0.495 e. The number of benzene rings is 2. The summed E-state index contributed by atoms with van der Waals surface area (Å²) >= 11 is 9.20. The predicted octanol–water partition coefficient (Wildman–Crippen LogP) is 4.80. The van der Waals surface area contributed by atoms with Gasteiger partial charge in [0.25, 0.3) is 0 Å². The third kappa shape index (κ3) is 5.02. The Morgan fingerprint density at radius 2 is 1.74 bits per heavy atom. The van der Waals surface area contributed by atoms with E-state index in [0.717, 1.165) is 55.6 Å². The maximum atomic E-state index is 12.6. The third-order valence-corrected chi connectivity index (χ3v) is 7.60. The topological polar surface area (TPSA) is 54.9 Å². The lowest BCUT2D eigenvalue weighted by molar-refractivity contribution is -0.131. The Balaban J connectivity index is 1.33. The summed E-state index contributed by atoms with van der Waals surface area (Å²) in [6.07, 6.45) is 0.531. The van der Waals surface area contributed by atoms with Crippen molar-refractivity contribution in [1.82, 2.24) is 9.88 Å². The molecule has 4 rings (SSSR count). The quantitative estimate of drug-likeness (QED) is 0.456. The van der Waals surface area contributed by atoms with Crippen molar-refractivity contribution < 1.29 is 14.3 Å². The van der Waals surface area contributed by atoms with Crippen LogP contribution in [0.15, 0.2) is 41.3 Å². The van der Waals surface area contributed by atoms with Crippen molar-refractivity contribution in [3.8, 4) is 11.5 Å². The Hall–Kier alpha value is -2.16. The van der Waals surface area contributed by atoms with Gasteiger partial charge in [-0.3, -0.25) is 4.79 Å². The van der Waals surface area contributed by atoms with E-state index in [4.69, 9.17) is 26.1 Å². The highest BCUT2D eigenvalue weighted by atomic mass is 35.5. The van der Waals surface area contributed by atoms with E-state index in [1.165, 1.54) is 0 Å². The van der Waals surface area contributed by atoms with E-state index < -0.39 is 0 Å². The number of rotatable bonds is 7. The van der Waals surface area contributed by atoms with Gasteiger partial charge in [-0.05, 0) is 36.4 Å². The van der Waals surface area contributed by atoms with Crippen LogP contribution in [0.25, 0.3) is 10.2 Å². The van der Waals surface area contributed by atoms with Crippen LogP contribution in [0.2, 0.25) is 5.02 Å². The van der Waals surface area contributed by atoms with Gasteiger partial charge < -0.3 is 19.3 Å². The van der Waals surface area contributed by atoms with E-state index in [0.29, 0.717) is 19.5 Å². The van der Waals surface area contributed by atoms with Crippen LogP contribution in [0.5, 0.6) is 11.5 Å². The molecule has 1 aliphatic rings. The number of hydrogen-bond donors (Lipinski definition) is 0. The number of fused-ring (bicyclic) bond motifs is 1. The van der Waals surface area contributed by atoms with Crippen molar-refractivity contribution in [3.63, 3.8) is 0 Å². The number of thioether (sulfide) groups is 1. The van der Waals surface area contributed by atoms with Gasteiger partial charge in [-0.25, -0.2) is 4.98 Å². The first-order valence-corrected chi connectivity index (χ1v) is 12.2. The lowest BCUT2D eigenvalue weighted by Gasteiger charge is -2.34. The van der Waals surface area contributed by atoms with Crippen molar-refractivity contribution in [2.24, 2.45) is 0 Å². The molecule has 0 N–H and O–H groups in total. The fourth-order valence-electron chi connectivity index (χ4n) is 3.50. The van der Waals surface area contributed by atoms with Gasteiger partial charge in [-0.2, -0.15) is 0 Å². The number of aromatic nitrogens is 1. The van der Waals surface area contributed by atoms with E-state index >= 15 is 0 Å². The average Bonchev–Trinajstić information content (AvgIpc) is 3.25. The van der Waals surface area contributed by atoms with Crippen LogP contribution in [0, 0.1) is 0 Å². The van der Waals surface area contributed by atoms with Gasteiger partial charge in [-0.1, -0.05) is 22.9 Å². The van der Waals surface area contributed by atoms with Gasteiger partial charge in [0.2, 0.25) is 5.91 Å². The third-order valence-electron chi connectivity index (χ3n) is 5.20. The van der Waals surface area contributed by atoms with Crippen LogP contribution in [-0.2, 0) is 4.79 Å². The zero-order chi connectivity index (χ0) is 21.8. The molecule has 3 aromatic rings. The number of carbonyl (C=O) groups is 1. The standard InChI is InChI=1S/C22H24ClN3O3S2/c1-28-17-7-8-18(29-2)21-20(17)24-22(31-21)26-12-10-25(11-13-26)19(27)9-14-30-16-5-3-15(23)4-6-16/h3-8H,9-14H2,1-2H3. The molecule has 0 atom stereocenters. The Kier molecular flexibility index (Phi) is 7.09. The zero-order valence-electron chi connectivity index (χ0n) is 17.5.